The summed E-state index contributed by atoms with van der Waals surface area (Å²) >= 11 is 0. The SMILES string of the molecule is CN1C(=O)NC2CCCCCCC21. The zero-order valence-electron chi connectivity index (χ0n) is 8.25. The van der Waals surface area contributed by atoms with Crippen LogP contribution in [0.25, 0.3) is 0 Å². The molecule has 1 saturated heterocycles. The zero-order valence-corrected chi connectivity index (χ0v) is 8.25. The van der Waals surface area contributed by atoms with Crippen LogP contribution < -0.4 is 5.32 Å². The number of amides is 2. The Morgan fingerprint density at radius 2 is 1.92 bits per heavy atom. The second-order valence-electron chi connectivity index (χ2n) is 4.23. The monoisotopic (exact) mass is 182 g/mol. The summed E-state index contributed by atoms with van der Waals surface area (Å²) in [6.45, 7) is 0. The highest BCUT2D eigenvalue weighted by Crippen LogP contribution is 2.24. The van der Waals surface area contributed by atoms with Gasteiger partial charge in [-0.2, -0.15) is 0 Å². The normalized spacial score (nSPS) is 34.8. The number of urea groups is 1. The topological polar surface area (TPSA) is 32.3 Å². The van der Waals surface area contributed by atoms with E-state index in [0.717, 1.165) is 0 Å². The molecule has 1 heterocycles. The summed E-state index contributed by atoms with van der Waals surface area (Å²) in [6, 6.07) is 1.02. The minimum absolute atomic E-state index is 0.122. The molecule has 2 fully saturated rings. The van der Waals surface area contributed by atoms with Gasteiger partial charge in [-0.05, 0) is 12.8 Å². The van der Waals surface area contributed by atoms with Gasteiger partial charge < -0.3 is 10.2 Å². The fraction of sp³-hybridized carbons (Fsp3) is 0.900. The number of hydrogen-bond acceptors (Lipinski definition) is 1. The summed E-state index contributed by atoms with van der Waals surface area (Å²) in [5.74, 6) is 0. The first kappa shape index (κ1) is 8.85. The second kappa shape index (κ2) is 3.56. The van der Waals surface area contributed by atoms with Crippen LogP contribution in [0.2, 0.25) is 0 Å². The third-order valence-corrected chi connectivity index (χ3v) is 3.36. The Morgan fingerprint density at radius 1 is 1.23 bits per heavy atom. The van der Waals surface area contributed by atoms with Gasteiger partial charge in [-0.25, -0.2) is 4.79 Å². The molecular weight excluding hydrogens is 164 g/mol. The molecule has 2 aliphatic rings. The molecule has 3 nitrogen and oxygen atoms in total. The van der Waals surface area contributed by atoms with Gasteiger partial charge in [0, 0.05) is 7.05 Å². The molecule has 1 N–H and O–H groups in total. The molecule has 13 heavy (non-hydrogen) atoms. The maximum Gasteiger partial charge on any atom is 0.317 e. The van der Waals surface area contributed by atoms with Crippen LogP contribution in [0.1, 0.15) is 38.5 Å². The molecule has 1 aliphatic heterocycles. The minimum atomic E-state index is 0.122. The molecule has 0 aromatic rings. The standard InChI is InChI=1S/C10H18N2O/c1-12-9-7-5-3-2-4-6-8(9)11-10(12)13/h8-9H,2-7H2,1H3,(H,11,13). The van der Waals surface area contributed by atoms with Crippen molar-refractivity contribution in [2.75, 3.05) is 7.05 Å². The molecule has 2 rings (SSSR count). The van der Waals surface area contributed by atoms with Crippen molar-refractivity contribution in [3.63, 3.8) is 0 Å². The van der Waals surface area contributed by atoms with Crippen LogP contribution in [0.3, 0.4) is 0 Å². The Balaban J connectivity index is 2.04. The molecule has 2 amide bonds. The van der Waals surface area contributed by atoms with Crippen molar-refractivity contribution in [3.05, 3.63) is 0 Å². The average molecular weight is 182 g/mol. The van der Waals surface area contributed by atoms with Gasteiger partial charge in [-0.1, -0.05) is 25.7 Å². The van der Waals surface area contributed by atoms with Crippen molar-refractivity contribution in [1.82, 2.24) is 10.2 Å². The van der Waals surface area contributed by atoms with Crippen molar-refractivity contribution in [3.8, 4) is 0 Å². The number of nitrogens with zero attached hydrogens (tertiary/aromatic N) is 1. The molecule has 3 heteroatoms. The second-order valence-corrected chi connectivity index (χ2v) is 4.23. The largest absolute Gasteiger partial charge is 0.333 e. The minimum Gasteiger partial charge on any atom is -0.333 e. The van der Waals surface area contributed by atoms with Crippen LogP contribution >= 0.6 is 0 Å². The summed E-state index contributed by atoms with van der Waals surface area (Å²) in [4.78, 5) is 13.3. The first-order valence-electron chi connectivity index (χ1n) is 5.32. The van der Waals surface area contributed by atoms with Crippen molar-refractivity contribution >= 4 is 6.03 Å². The van der Waals surface area contributed by atoms with Gasteiger partial charge in [0.05, 0.1) is 12.1 Å². The summed E-state index contributed by atoms with van der Waals surface area (Å²) in [5.41, 5.74) is 0. The van der Waals surface area contributed by atoms with E-state index in [1.54, 1.807) is 0 Å². The first-order valence-corrected chi connectivity index (χ1v) is 5.32. The molecule has 2 unspecified atom stereocenters. The van der Waals surface area contributed by atoms with Crippen molar-refractivity contribution in [2.45, 2.75) is 50.6 Å². The van der Waals surface area contributed by atoms with Gasteiger partial charge in [0.1, 0.15) is 0 Å². The summed E-state index contributed by atoms with van der Waals surface area (Å²) < 4.78 is 0. The summed E-state index contributed by atoms with van der Waals surface area (Å²) in [6.07, 6.45) is 7.57. The zero-order chi connectivity index (χ0) is 9.26. The van der Waals surface area contributed by atoms with Gasteiger partial charge in [0.15, 0.2) is 0 Å². The van der Waals surface area contributed by atoms with Crippen LogP contribution in [0.4, 0.5) is 4.79 Å². The lowest BCUT2D eigenvalue weighted by Crippen LogP contribution is -2.35. The molecule has 0 bridgehead atoms. The molecule has 0 aromatic heterocycles. The number of carbonyl (C=O) groups excluding carboxylic acids is 1. The van der Waals surface area contributed by atoms with Crippen LogP contribution in [-0.4, -0.2) is 30.1 Å². The van der Waals surface area contributed by atoms with E-state index >= 15 is 0 Å². The Morgan fingerprint density at radius 3 is 2.69 bits per heavy atom. The molecule has 0 spiro atoms. The third kappa shape index (κ3) is 1.64. The fourth-order valence-corrected chi connectivity index (χ4v) is 2.51. The van der Waals surface area contributed by atoms with E-state index in [2.05, 4.69) is 5.32 Å². The maximum absolute atomic E-state index is 11.4. The number of likely N-dealkylation sites (N-methyl/N-ethyl adjacent to an activating group) is 1. The van der Waals surface area contributed by atoms with E-state index in [0.29, 0.717) is 12.1 Å². The highest BCUT2D eigenvalue weighted by atomic mass is 16.2. The van der Waals surface area contributed by atoms with Gasteiger partial charge >= 0.3 is 6.03 Å². The van der Waals surface area contributed by atoms with E-state index in [1.165, 1.54) is 38.5 Å². The van der Waals surface area contributed by atoms with Crippen molar-refractivity contribution in [1.29, 1.82) is 0 Å². The number of fused-ring (bicyclic) bond motifs is 1. The predicted molar refractivity (Wildman–Crippen MR) is 51.6 cm³/mol. The Hall–Kier alpha value is -0.730. The van der Waals surface area contributed by atoms with Gasteiger partial charge in [-0.3, -0.25) is 0 Å². The van der Waals surface area contributed by atoms with Gasteiger partial charge in [0.2, 0.25) is 0 Å². The summed E-state index contributed by atoms with van der Waals surface area (Å²) in [5, 5.41) is 3.06. The first-order chi connectivity index (χ1) is 6.29. The number of nitrogens with one attached hydrogen (secondary N) is 1. The Kier molecular flexibility index (Phi) is 2.42. The molecule has 2 atom stereocenters. The third-order valence-electron chi connectivity index (χ3n) is 3.36. The van der Waals surface area contributed by atoms with Crippen LogP contribution in [0, 0.1) is 0 Å². The van der Waals surface area contributed by atoms with E-state index in [1.807, 2.05) is 11.9 Å². The highest BCUT2D eigenvalue weighted by Gasteiger charge is 2.36. The summed E-state index contributed by atoms with van der Waals surface area (Å²) in [7, 11) is 1.92. The Labute approximate surface area is 79.5 Å². The number of carbonyl (C=O) groups is 1. The smallest absolute Gasteiger partial charge is 0.317 e. The fourth-order valence-electron chi connectivity index (χ4n) is 2.51. The molecule has 0 aromatic carbocycles. The van der Waals surface area contributed by atoms with Gasteiger partial charge in [-0.15, -0.1) is 0 Å². The Bertz CT molecular complexity index is 205. The quantitative estimate of drug-likeness (QED) is 0.608. The molecule has 74 valence electrons. The van der Waals surface area contributed by atoms with E-state index in [-0.39, 0.29) is 6.03 Å². The van der Waals surface area contributed by atoms with Crippen LogP contribution in [0.15, 0.2) is 0 Å². The highest BCUT2D eigenvalue weighted by molar-refractivity contribution is 5.77. The lowest BCUT2D eigenvalue weighted by Gasteiger charge is -2.25. The molecule has 1 aliphatic carbocycles. The molecule has 1 saturated carbocycles. The predicted octanol–water partition coefficient (Wildman–Crippen LogP) is 1.73. The van der Waals surface area contributed by atoms with E-state index < -0.39 is 0 Å². The van der Waals surface area contributed by atoms with Crippen LogP contribution in [0.5, 0.6) is 0 Å². The average Bonchev–Trinajstić information content (AvgIpc) is 2.31. The van der Waals surface area contributed by atoms with Crippen molar-refractivity contribution < 1.29 is 4.79 Å². The van der Waals surface area contributed by atoms with Crippen molar-refractivity contribution in [2.24, 2.45) is 0 Å². The maximum atomic E-state index is 11.4. The lowest BCUT2D eigenvalue weighted by molar-refractivity contribution is 0.211. The molecule has 0 radical (unpaired) electrons. The van der Waals surface area contributed by atoms with E-state index in [4.69, 9.17) is 0 Å². The number of hydrogen-bond donors (Lipinski definition) is 1. The van der Waals surface area contributed by atoms with E-state index in [9.17, 15) is 4.79 Å². The lowest BCUT2D eigenvalue weighted by atomic mass is 9.93. The number of rotatable bonds is 0. The van der Waals surface area contributed by atoms with Crippen LogP contribution in [-0.2, 0) is 0 Å². The molecular formula is C10H18N2O. The van der Waals surface area contributed by atoms with Gasteiger partial charge in [0.25, 0.3) is 0 Å².